The quantitative estimate of drug-likeness (QED) is 0.787. The number of amides is 2. The van der Waals surface area contributed by atoms with E-state index in [1.54, 1.807) is 24.3 Å². The van der Waals surface area contributed by atoms with E-state index in [1.807, 2.05) is 4.90 Å². The fourth-order valence-corrected chi connectivity index (χ4v) is 2.52. The minimum atomic E-state index is -0.164. The molecule has 3 N–H and O–H groups in total. The van der Waals surface area contributed by atoms with Crippen molar-refractivity contribution in [3.8, 4) is 0 Å². The van der Waals surface area contributed by atoms with Gasteiger partial charge in [0.25, 0.3) is 5.91 Å². The van der Waals surface area contributed by atoms with Gasteiger partial charge in [0.15, 0.2) is 0 Å². The van der Waals surface area contributed by atoms with E-state index >= 15 is 0 Å². The minimum absolute atomic E-state index is 0.0815. The predicted octanol–water partition coefficient (Wildman–Crippen LogP) is 0.762. The van der Waals surface area contributed by atoms with E-state index in [0.717, 1.165) is 12.8 Å². The van der Waals surface area contributed by atoms with Crippen molar-refractivity contribution in [2.75, 3.05) is 12.3 Å². The highest BCUT2D eigenvalue weighted by Crippen LogP contribution is 2.30. The molecule has 1 aliphatic carbocycles. The van der Waals surface area contributed by atoms with Crippen molar-refractivity contribution in [1.29, 1.82) is 0 Å². The molecule has 19 heavy (non-hydrogen) atoms. The maximum absolute atomic E-state index is 12.1. The van der Waals surface area contributed by atoms with Crippen LogP contribution < -0.4 is 11.1 Å². The number of benzene rings is 1. The monoisotopic (exact) mass is 259 g/mol. The number of carbonyl (C=O) groups excluding carboxylic acids is 2. The van der Waals surface area contributed by atoms with Crippen LogP contribution in [0.4, 0.5) is 5.69 Å². The van der Waals surface area contributed by atoms with Gasteiger partial charge in [-0.25, -0.2) is 0 Å². The third-order valence-electron chi connectivity index (χ3n) is 3.63. The number of anilines is 1. The predicted molar refractivity (Wildman–Crippen MR) is 71.5 cm³/mol. The van der Waals surface area contributed by atoms with Crippen LogP contribution in [0.2, 0.25) is 0 Å². The van der Waals surface area contributed by atoms with Gasteiger partial charge in [0.05, 0.1) is 6.04 Å². The second-order valence-electron chi connectivity index (χ2n) is 5.28. The first-order valence-electron chi connectivity index (χ1n) is 6.59. The maximum Gasteiger partial charge on any atom is 0.251 e. The molecule has 0 bridgehead atoms. The molecule has 0 radical (unpaired) electrons. The molecule has 5 heteroatoms. The van der Waals surface area contributed by atoms with Crippen molar-refractivity contribution in [3.05, 3.63) is 29.8 Å². The number of nitrogens with one attached hydrogen (secondary N) is 1. The van der Waals surface area contributed by atoms with Gasteiger partial charge in [-0.1, -0.05) is 6.07 Å². The number of hydrogen-bond acceptors (Lipinski definition) is 3. The number of nitrogens with zero attached hydrogens (tertiary/aromatic N) is 1. The molecule has 1 heterocycles. The Balaban J connectivity index is 1.62. The van der Waals surface area contributed by atoms with Gasteiger partial charge >= 0.3 is 0 Å². The molecule has 5 nitrogen and oxygen atoms in total. The molecule has 0 aromatic heterocycles. The topological polar surface area (TPSA) is 75.4 Å². The van der Waals surface area contributed by atoms with E-state index in [9.17, 15) is 9.59 Å². The Labute approximate surface area is 111 Å². The molecule has 1 aromatic rings. The molecule has 1 aromatic carbocycles. The van der Waals surface area contributed by atoms with Crippen molar-refractivity contribution < 1.29 is 9.59 Å². The molecular weight excluding hydrogens is 242 g/mol. The second-order valence-corrected chi connectivity index (χ2v) is 5.28. The third-order valence-corrected chi connectivity index (χ3v) is 3.63. The van der Waals surface area contributed by atoms with E-state index < -0.39 is 0 Å². The molecule has 1 atom stereocenters. The van der Waals surface area contributed by atoms with Crippen LogP contribution in [0.1, 0.15) is 29.6 Å². The van der Waals surface area contributed by atoms with Crippen molar-refractivity contribution in [2.24, 2.45) is 0 Å². The minimum Gasteiger partial charge on any atom is -0.399 e. The molecule has 2 aliphatic rings. The summed E-state index contributed by atoms with van der Waals surface area (Å²) in [6.45, 7) is 0.636. The first kappa shape index (κ1) is 12.0. The van der Waals surface area contributed by atoms with Crippen LogP contribution in [0, 0.1) is 0 Å². The molecule has 1 saturated heterocycles. The first-order valence-corrected chi connectivity index (χ1v) is 6.59. The second kappa shape index (κ2) is 4.57. The number of carbonyl (C=O) groups is 2. The Hall–Kier alpha value is -2.04. The van der Waals surface area contributed by atoms with Crippen molar-refractivity contribution in [2.45, 2.75) is 31.3 Å². The summed E-state index contributed by atoms with van der Waals surface area (Å²) < 4.78 is 0. The molecule has 1 aliphatic heterocycles. The summed E-state index contributed by atoms with van der Waals surface area (Å²) in [7, 11) is 0. The normalized spacial score (nSPS) is 22.6. The Morgan fingerprint density at radius 3 is 2.84 bits per heavy atom. The lowest BCUT2D eigenvalue weighted by molar-refractivity contribution is -0.128. The van der Waals surface area contributed by atoms with Crippen molar-refractivity contribution >= 4 is 17.5 Å². The number of nitrogens with two attached hydrogens (primary N) is 1. The molecule has 2 amide bonds. The summed E-state index contributed by atoms with van der Waals surface area (Å²) in [6.07, 6.45) is 2.60. The molecule has 1 unspecified atom stereocenters. The Morgan fingerprint density at radius 1 is 1.37 bits per heavy atom. The zero-order valence-corrected chi connectivity index (χ0v) is 10.6. The van der Waals surface area contributed by atoms with Crippen LogP contribution in [0.25, 0.3) is 0 Å². The van der Waals surface area contributed by atoms with Crippen LogP contribution >= 0.6 is 0 Å². The lowest BCUT2D eigenvalue weighted by atomic mass is 10.1. The highest BCUT2D eigenvalue weighted by molar-refractivity contribution is 5.95. The Morgan fingerprint density at radius 2 is 2.16 bits per heavy atom. The summed E-state index contributed by atoms with van der Waals surface area (Å²) in [6, 6.07) is 7.20. The van der Waals surface area contributed by atoms with E-state index in [2.05, 4.69) is 5.32 Å². The Kier molecular flexibility index (Phi) is 2.89. The zero-order chi connectivity index (χ0) is 13.4. The average Bonchev–Trinajstić information content (AvgIpc) is 3.14. The van der Waals surface area contributed by atoms with Gasteiger partial charge in [0, 0.05) is 30.3 Å². The Bertz CT molecular complexity index is 525. The van der Waals surface area contributed by atoms with Crippen molar-refractivity contribution in [1.82, 2.24) is 10.2 Å². The van der Waals surface area contributed by atoms with Gasteiger partial charge in [-0.05, 0) is 31.0 Å². The largest absolute Gasteiger partial charge is 0.399 e. The van der Waals surface area contributed by atoms with Crippen LogP contribution in [0.15, 0.2) is 24.3 Å². The van der Waals surface area contributed by atoms with E-state index in [4.69, 9.17) is 5.73 Å². The standard InChI is InChI=1S/C14H17N3O2/c15-10-3-1-2-9(6-10)14(19)16-11-7-13(18)17(8-11)12-4-5-12/h1-3,6,11-12H,4-5,7-8,15H2,(H,16,19). The van der Waals surface area contributed by atoms with Crippen LogP contribution in [-0.2, 0) is 4.79 Å². The van der Waals surface area contributed by atoms with Crippen LogP contribution in [0.3, 0.4) is 0 Å². The molecule has 100 valence electrons. The van der Waals surface area contributed by atoms with Crippen LogP contribution in [-0.4, -0.2) is 35.3 Å². The molecule has 2 fully saturated rings. The first-order chi connectivity index (χ1) is 9.13. The van der Waals surface area contributed by atoms with E-state index in [0.29, 0.717) is 30.3 Å². The number of nitrogen functional groups attached to an aromatic ring is 1. The number of likely N-dealkylation sites (tertiary alicyclic amines) is 1. The summed E-state index contributed by atoms with van der Waals surface area (Å²) >= 11 is 0. The smallest absolute Gasteiger partial charge is 0.251 e. The van der Waals surface area contributed by atoms with Gasteiger partial charge in [0.1, 0.15) is 0 Å². The molecule has 3 rings (SSSR count). The lowest BCUT2D eigenvalue weighted by Gasteiger charge is -2.16. The van der Waals surface area contributed by atoms with Gasteiger partial charge in [-0.15, -0.1) is 0 Å². The van der Waals surface area contributed by atoms with Gasteiger partial charge in [-0.3, -0.25) is 9.59 Å². The van der Waals surface area contributed by atoms with E-state index in [1.165, 1.54) is 0 Å². The third kappa shape index (κ3) is 2.54. The molecular formula is C14H17N3O2. The summed E-state index contributed by atoms with van der Waals surface area (Å²) in [5, 5.41) is 2.91. The highest BCUT2D eigenvalue weighted by atomic mass is 16.2. The number of hydrogen-bond donors (Lipinski definition) is 2. The summed E-state index contributed by atoms with van der Waals surface area (Å²) in [5.74, 6) is -0.0110. The zero-order valence-electron chi connectivity index (χ0n) is 10.6. The van der Waals surface area contributed by atoms with Gasteiger partial charge in [-0.2, -0.15) is 0 Å². The average molecular weight is 259 g/mol. The fraction of sp³-hybridized carbons (Fsp3) is 0.429. The SMILES string of the molecule is Nc1cccc(C(=O)NC2CC(=O)N(C3CC3)C2)c1. The highest BCUT2D eigenvalue weighted by Gasteiger charge is 2.39. The summed E-state index contributed by atoms with van der Waals surface area (Å²) in [4.78, 5) is 25.7. The van der Waals surface area contributed by atoms with Crippen molar-refractivity contribution in [3.63, 3.8) is 0 Å². The van der Waals surface area contributed by atoms with Gasteiger partial charge in [0.2, 0.25) is 5.91 Å². The lowest BCUT2D eigenvalue weighted by Crippen LogP contribution is -2.37. The summed E-state index contributed by atoms with van der Waals surface area (Å²) in [5.41, 5.74) is 6.76. The molecule has 0 spiro atoms. The van der Waals surface area contributed by atoms with E-state index in [-0.39, 0.29) is 17.9 Å². The fourth-order valence-electron chi connectivity index (χ4n) is 2.52. The molecule has 1 saturated carbocycles. The van der Waals surface area contributed by atoms with Gasteiger partial charge < -0.3 is 16.0 Å². The van der Waals surface area contributed by atoms with Crippen LogP contribution in [0.5, 0.6) is 0 Å². The number of rotatable bonds is 3. The maximum atomic E-state index is 12.1.